The molecule has 0 bridgehead atoms. The van der Waals surface area contributed by atoms with Crippen molar-refractivity contribution in [1.82, 2.24) is 14.8 Å². The van der Waals surface area contributed by atoms with Gasteiger partial charge in [-0.3, -0.25) is 9.69 Å². The lowest BCUT2D eigenvalue weighted by Crippen LogP contribution is -2.49. The van der Waals surface area contributed by atoms with Crippen molar-refractivity contribution < 1.29 is 14.6 Å². The maximum atomic E-state index is 13.6. The molecule has 0 saturated carbocycles. The predicted octanol–water partition coefficient (Wildman–Crippen LogP) is 3.97. The van der Waals surface area contributed by atoms with E-state index < -0.39 is 0 Å². The number of nitrogens with zero attached hydrogens (tertiary/aromatic N) is 4. The molecule has 3 aromatic rings. The summed E-state index contributed by atoms with van der Waals surface area (Å²) in [6.07, 6.45) is 1.47. The first-order valence-electron chi connectivity index (χ1n) is 12.2. The number of amides is 1. The van der Waals surface area contributed by atoms with Gasteiger partial charge in [0.05, 0.1) is 24.3 Å². The summed E-state index contributed by atoms with van der Waals surface area (Å²) in [5.74, 6) is 0.0865. The SMILES string of the molecule is C[C@H](CO)N1C[C@H](C)[C@@H](CN(C)Cc2ccccc2)Oc2ncc(-c3cccc(C#N)c3)cc2C1=O. The number of aliphatic hydroxyl groups excluding tert-OH is 1. The van der Waals surface area contributed by atoms with Crippen LogP contribution in [0, 0.1) is 17.2 Å². The minimum Gasteiger partial charge on any atom is -0.472 e. The van der Waals surface area contributed by atoms with Crippen LogP contribution in [0.4, 0.5) is 0 Å². The van der Waals surface area contributed by atoms with Crippen LogP contribution in [0.2, 0.25) is 0 Å². The Morgan fingerprint density at radius 2 is 1.97 bits per heavy atom. The second-order valence-electron chi connectivity index (χ2n) is 9.57. The molecule has 0 saturated heterocycles. The molecule has 7 heteroatoms. The average molecular weight is 485 g/mol. The van der Waals surface area contributed by atoms with Gasteiger partial charge in [-0.05, 0) is 43.3 Å². The number of rotatable bonds is 7. The number of likely N-dealkylation sites (N-methyl/N-ethyl adjacent to an activating group) is 1. The zero-order valence-electron chi connectivity index (χ0n) is 21.0. The molecule has 2 aromatic carbocycles. The maximum Gasteiger partial charge on any atom is 0.259 e. The highest BCUT2D eigenvalue weighted by Crippen LogP contribution is 2.30. The van der Waals surface area contributed by atoms with Crippen LogP contribution in [-0.4, -0.2) is 64.7 Å². The van der Waals surface area contributed by atoms with Gasteiger partial charge >= 0.3 is 0 Å². The monoisotopic (exact) mass is 484 g/mol. The summed E-state index contributed by atoms with van der Waals surface area (Å²) in [7, 11) is 2.06. The van der Waals surface area contributed by atoms with Gasteiger partial charge in [-0.25, -0.2) is 4.98 Å². The molecule has 1 aromatic heterocycles. The van der Waals surface area contributed by atoms with Gasteiger partial charge in [0, 0.05) is 37.3 Å². The number of pyridine rings is 1. The number of carbonyl (C=O) groups excluding carboxylic acids is 1. The van der Waals surface area contributed by atoms with Gasteiger partial charge in [-0.1, -0.05) is 49.4 Å². The molecule has 1 aliphatic rings. The second-order valence-corrected chi connectivity index (χ2v) is 9.57. The van der Waals surface area contributed by atoms with Crippen molar-refractivity contribution in [1.29, 1.82) is 5.26 Å². The van der Waals surface area contributed by atoms with Crippen molar-refractivity contribution in [2.45, 2.75) is 32.5 Å². The van der Waals surface area contributed by atoms with Gasteiger partial charge in [0.25, 0.3) is 5.91 Å². The Balaban J connectivity index is 1.67. The first kappa shape index (κ1) is 25.4. The smallest absolute Gasteiger partial charge is 0.259 e. The van der Waals surface area contributed by atoms with Crippen LogP contribution in [0.25, 0.3) is 11.1 Å². The lowest BCUT2D eigenvalue weighted by molar-refractivity contribution is 0.0325. The molecule has 7 nitrogen and oxygen atoms in total. The standard InChI is InChI=1S/C29H32N4O3/c1-20-16-33(21(2)19-34)29(35)26-13-25(24-11-7-10-23(12-24)14-30)15-31-28(26)36-27(20)18-32(3)17-22-8-5-4-6-9-22/h4-13,15,20-21,27,34H,16-19H2,1-3H3/t20-,21+,27+/m0/s1. The van der Waals surface area contributed by atoms with Crippen molar-refractivity contribution in [2.24, 2.45) is 5.92 Å². The summed E-state index contributed by atoms with van der Waals surface area (Å²) in [6, 6.07) is 21.0. The molecule has 0 fully saturated rings. The molecule has 0 unspecified atom stereocenters. The van der Waals surface area contributed by atoms with Gasteiger partial charge < -0.3 is 14.7 Å². The number of nitriles is 1. The van der Waals surface area contributed by atoms with E-state index in [4.69, 9.17) is 4.74 Å². The lowest BCUT2D eigenvalue weighted by atomic mass is 9.98. The molecule has 36 heavy (non-hydrogen) atoms. The van der Waals surface area contributed by atoms with Crippen LogP contribution in [0.1, 0.15) is 35.3 Å². The van der Waals surface area contributed by atoms with Crippen LogP contribution in [-0.2, 0) is 6.54 Å². The zero-order chi connectivity index (χ0) is 25.7. The highest BCUT2D eigenvalue weighted by Gasteiger charge is 2.34. The van der Waals surface area contributed by atoms with E-state index in [2.05, 4.69) is 42.1 Å². The van der Waals surface area contributed by atoms with E-state index in [1.165, 1.54) is 5.56 Å². The topological polar surface area (TPSA) is 89.7 Å². The minimum absolute atomic E-state index is 0.0168. The number of fused-ring (bicyclic) bond motifs is 1. The first-order valence-corrected chi connectivity index (χ1v) is 12.2. The quantitative estimate of drug-likeness (QED) is 0.546. The average Bonchev–Trinajstić information content (AvgIpc) is 2.90. The molecular weight excluding hydrogens is 452 g/mol. The number of ether oxygens (including phenoxy) is 1. The highest BCUT2D eigenvalue weighted by molar-refractivity contribution is 5.98. The summed E-state index contributed by atoms with van der Waals surface area (Å²) in [6.45, 7) is 5.66. The number of aromatic nitrogens is 1. The molecule has 0 spiro atoms. The Morgan fingerprint density at radius 3 is 2.69 bits per heavy atom. The summed E-state index contributed by atoms with van der Waals surface area (Å²) < 4.78 is 6.41. The fraction of sp³-hybridized carbons (Fsp3) is 0.345. The molecule has 1 amide bonds. The fourth-order valence-corrected chi connectivity index (χ4v) is 4.51. The van der Waals surface area contributed by atoms with E-state index in [1.807, 2.05) is 37.3 Å². The van der Waals surface area contributed by atoms with E-state index in [1.54, 1.807) is 29.3 Å². The van der Waals surface area contributed by atoms with Crippen LogP contribution < -0.4 is 4.74 Å². The summed E-state index contributed by atoms with van der Waals surface area (Å²) in [5.41, 5.74) is 3.64. The van der Waals surface area contributed by atoms with E-state index in [0.717, 1.165) is 17.7 Å². The molecular formula is C29H32N4O3. The highest BCUT2D eigenvalue weighted by atomic mass is 16.5. The third-order valence-electron chi connectivity index (χ3n) is 6.63. The van der Waals surface area contributed by atoms with Crippen LogP contribution in [0.5, 0.6) is 5.88 Å². The van der Waals surface area contributed by atoms with Gasteiger partial charge in [-0.2, -0.15) is 5.26 Å². The van der Waals surface area contributed by atoms with Gasteiger partial charge in [0.1, 0.15) is 11.7 Å². The van der Waals surface area contributed by atoms with Crippen LogP contribution in [0.3, 0.4) is 0 Å². The normalized spacial score (nSPS) is 18.6. The van der Waals surface area contributed by atoms with Crippen molar-refractivity contribution in [2.75, 3.05) is 26.7 Å². The van der Waals surface area contributed by atoms with Gasteiger partial charge in [0.15, 0.2) is 0 Å². The molecule has 1 N–H and O–H groups in total. The molecule has 4 rings (SSSR count). The molecule has 1 aliphatic heterocycles. The van der Waals surface area contributed by atoms with E-state index in [9.17, 15) is 15.2 Å². The number of hydrogen-bond acceptors (Lipinski definition) is 6. The van der Waals surface area contributed by atoms with E-state index in [0.29, 0.717) is 30.1 Å². The lowest BCUT2D eigenvalue weighted by Gasteiger charge is -2.37. The molecule has 3 atom stereocenters. The fourth-order valence-electron chi connectivity index (χ4n) is 4.51. The van der Waals surface area contributed by atoms with Gasteiger partial charge in [0.2, 0.25) is 5.88 Å². The molecule has 2 heterocycles. The summed E-state index contributed by atoms with van der Waals surface area (Å²) in [5, 5.41) is 19.2. The van der Waals surface area contributed by atoms with Crippen molar-refractivity contribution >= 4 is 5.91 Å². The summed E-state index contributed by atoms with van der Waals surface area (Å²) in [4.78, 5) is 22.1. The van der Waals surface area contributed by atoms with E-state index >= 15 is 0 Å². The third-order valence-corrected chi connectivity index (χ3v) is 6.63. The number of carbonyl (C=O) groups is 1. The van der Waals surface area contributed by atoms with Gasteiger partial charge in [-0.15, -0.1) is 0 Å². The number of hydrogen-bond donors (Lipinski definition) is 1. The largest absolute Gasteiger partial charge is 0.472 e. The van der Waals surface area contributed by atoms with Crippen molar-refractivity contribution in [3.05, 3.63) is 83.6 Å². The van der Waals surface area contributed by atoms with Crippen LogP contribution >= 0.6 is 0 Å². The third kappa shape index (κ3) is 5.73. The zero-order valence-corrected chi connectivity index (χ0v) is 21.0. The predicted molar refractivity (Wildman–Crippen MR) is 138 cm³/mol. The van der Waals surface area contributed by atoms with Crippen molar-refractivity contribution in [3.63, 3.8) is 0 Å². The second kappa shape index (κ2) is 11.3. The summed E-state index contributed by atoms with van der Waals surface area (Å²) >= 11 is 0. The number of benzene rings is 2. The Bertz CT molecular complexity index is 1240. The molecule has 186 valence electrons. The Morgan fingerprint density at radius 1 is 1.19 bits per heavy atom. The molecule has 0 aliphatic carbocycles. The van der Waals surface area contributed by atoms with Crippen molar-refractivity contribution in [3.8, 4) is 23.1 Å². The Hall–Kier alpha value is -3.73. The Labute approximate surface area is 212 Å². The maximum absolute atomic E-state index is 13.6. The number of aliphatic hydroxyl groups is 1. The van der Waals surface area contributed by atoms with E-state index in [-0.39, 0.29) is 30.6 Å². The first-order chi connectivity index (χ1) is 17.4. The molecule has 0 radical (unpaired) electrons. The van der Waals surface area contributed by atoms with Crippen LogP contribution in [0.15, 0.2) is 66.9 Å². The Kier molecular flexibility index (Phi) is 7.99. The minimum atomic E-state index is -0.348.